The van der Waals surface area contributed by atoms with Crippen molar-refractivity contribution in [1.29, 1.82) is 0 Å². The Morgan fingerprint density at radius 2 is 1.01 bits per heavy atom. The van der Waals surface area contributed by atoms with Gasteiger partial charge in [0, 0.05) is 6.42 Å². The normalized spacial score (nSPS) is 19.8. The van der Waals surface area contributed by atoms with E-state index in [0.29, 0.717) is 12.8 Å². The molecule has 75 heavy (non-hydrogen) atoms. The first kappa shape index (κ1) is 69.9. The molecule has 1 heterocycles. The molecule has 0 bridgehead atoms. The predicted octanol–water partition coefficient (Wildman–Crippen LogP) is 14.2. The Kier molecular flexibility index (Phi) is 48.0. The third kappa shape index (κ3) is 39.8. The highest BCUT2D eigenvalue weighted by Crippen LogP contribution is 2.26. The zero-order valence-electron chi connectivity index (χ0n) is 47.6. The monoisotopic (exact) mass is 1050 g/mol. The molecule has 8 unspecified atom stereocenters. The van der Waals surface area contributed by atoms with Crippen molar-refractivity contribution in [3.63, 3.8) is 0 Å². The first-order chi connectivity index (χ1) is 36.7. The number of hydrogen-bond donors (Lipinski definition) is 6. The molecule has 0 aromatic carbocycles. The van der Waals surface area contributed by atoms with Gasteiger partial charge in [0.15, 0.2) is 12.4 Å². The molecule has 0 aliphatic carbocycles. The summed E-state index contributed by atoms with van der Waals surface area (Å²) in [7, 11) is 0. The number of hydrogen-bond acceptors (Lipinski definition) is 10. The molecule has 1 aliphatic rings. The highest BCUT2D eigenvalue weighted by Gasteiger charge is 2.47. The van der Waals surface area contributed by atoms with Crippen LogP contribution < -0.4 is 5.32 Å². The Balaban J connectivity index is 2.63. The Hall–Kier alpha value is -3.16. The molecule has 1 saturated heterocycles. The number of esters is 1. The van der Waals surface area contributed by atoms with Gasteiger partial charge in [0.05, 0.1) is 25.4 Å². The van der Waals surface area contributed by atoms with Gasteiger partial charge in [0.1, 0.15) is 24.4 Å². The number of ether oxygens (including phenoxy) is 3. The van der Waals surface area contributed by atoms with E-state index in [2.05, 4.69) is 56.5 Å². The van der Waals surface area contributed by atoms with Gasteiger partial charge in [0.2, 0.25) is 5.91 Å². The zero-order valence-corrected chi connectivity index (χ0v) is 47.6. The van der Waals surface area contributed by atoms with Crippen LogP contribution in [-0.4, -0.2) is 99.6 Å². The minimum absolute atomic E-state index is 0.115. The molecule has 8 atom stereocenters. The largest absolute Gasteiger partial charge is 0.454 e. The lowest BCUT2D eigenvalue weighted by Crippen LogP contribution is -2.61. The molecule has 0 radical (unpaired) electrons. The second kappa shape index (κ2) is 51.6. The molecule has 6 N–H and O–H groups in total. The summed E-state index contributed by atoms with van der Waals surface area (Å²) in [6, 6.07) is -1.05. The van der Waals surface area contributed by atoms with Crippen molar-refractivity contribution >= 4 is 11.9 Å². The summed E-state index contributed by atoms with van der Waals surface area (Å²) in [6.45, 7) is 5.58. The van der Waals surface area contributed by atoms with Gasteiger partial charge in [-0.2, -0.15) is 0 Å². The van der Waals surface area contributed by atoms with Gasteiger partial charge in [-0.15, -0.1) is 0 Å². The van der Waals surface area contributed by atoms with E-state index in [0.717, 1.165) is 70.6 Å². The fourth-order valence-corrected chi connectivity index (χ4v) is 9.04. The van der Waals surface area contributed by atoms with Crippen molar-refractivity contribution in [2.45, 2.75) is 294 Å². The molecule has 1 aliphatic heterocycles. The molecular formula is C64H111NO10. The Morgan fingerprint density at radius 1 is 0.547 bits per heavy atom. The second-order valence-corrected chi connectivity index (χ2v) is 20.8. The topological polar surface area (TPSA) is 175 Å². The van der Waals surface area contributed by atoms with Crippen LogP contribution in [0.4, 0.5) is 0 Å². The predicted molar refractivity (Wildman–Crippen MR) is 310 cm³/mol. The smallest absolute Gasteiger partial charge is 0.306 e. The SMILES string of the molecule is CC/C=C/C=C/C=C\C=C/CCCCC(O)C(=O)NC(COC1OC(CO)C(O)C(O)C1OC(=O)CCCCCCCCCCCCCCC/C=C\C/C=C\CCCCC)C(O)/C=C/CCCCCCCCCCC. The van der Waals surface area contributed by atoms with Crippen LogP contribution in [-0.2, 0) is 23.8 Å². The van der Waals surface area contributed by atoms with Crippen molar-refractivity contribution in [2.75, 3.05) is 13.2 Å². The average molecular weight is 1050 g/mol. The first-order valence-electron chi connectivity index (χ1n) is 30.4. The summed E-state index contributed by atoms with van der Waals surface area (Å²) in [5, 5.41) is 56.8. The van der Waals surface area contributed by atoms with Gasteiger partial charge in [-0.1, -0.05) is 247 Å². The van der Waals surface area contributed by atoms with Crippen LogP contribution in [0.25, 0.3) is 0 Å². The minimum Gasteiger partial charge on any atom is -0.454 e. The van der Waals surface area contributed by atoms with E-state index in [1.165, 1.54) is 128 Å². The molecule has 0 saturated carbocycles. The molecule has 1 rings (SSSR count). The summed E-state index contributed by atoms with van der Waals surface area (Å²) in [4.78, 5) is 26.5. The van der Waals surface area contributed by atoms with Crippen LogP contribution in [0.5, 0.6) is 0 Å². The number of carbonyl (C=O) groups excluding carboxylic acids is 2. The quantitative estimate of drug-likeness (QED) is 0.0149. The van der Waals surface area contributed by atoms with Gasteiger partial charge in [-0.25, -0.2) is 0 Å². The average Bonchev–Trinajstić information content (AvgIpc) is 3.41. The molecule has 1 amide bonds. The van der Waals surface area contributed by atoms with Crippen LogP contribution in [0.1, 0.15) is 245 Å². The van der Waals surface area contributed by atoms with Crippen molar-refractivity contribution < 1.29 is 49.3 Å². The maximum atomic E-state index is 13.3. The molecule has 1 fully saturated rings. The molecule has 0 aromatic heterocycles. The molecular weight excluding hydrogens is 943 g/mol. The van der Waals surface area contributed by atoms with Crippen molar-refractivity contribution in [2.24, 2.45) is 0 Å². The van der Waals surface area contributed by atoms with E-state index in [9.17, 15) is 35.1 Å². The van der Waals surface area contributed by atoms with E-state index < -0.39 is 67.4 Å². The molecule has 0 spiro atoms. The molecule has 11 heteroatoms. The number of carbonyl (C=O) groups is 2. The van der Waals surface area contributed by atoms with Crippen molar-refractivity contribution in [3.8, 4) is 0 Å². The van der Waals surface area contributed by atoms with E-state index in [-0.39, 0.29) is 19.4 Å². The zero-order chi connectivity index (χ0) is 54.7. The van der Waals surface area contributed by atoms with Crippen LogP contribution in [0.15, 0.2) is 85.1 Å². The minimum atomic E-state index is -1.62. The standard InChI is InChI=1S/C64H111NO10/c1-4-7-10-13-16-19-22-24-25-26-27-28-29-30-31-32-33-34-37-40-43-46-49-52-59(69)75-62-61(71)60(70)58(53-66)74-64(62)73-54-55(56(67)50-47-44-41-38-35-21-18-15-12-9-6-3)65-63(72)57(68)51-48-45-42-39-36-23-20-17-14-11-8-5-2/h8,11,14,16-17,19-20,23-25,36,39,47,50,55-58,60-62,64,66-68,70-71H,4-7,9-10,12-13,15,18,21-22,26-35,37-38,40-46,48-49,51-54H2,1-3H3,(H,65,72)/b11-8+,17-14+,19-16-,23-20-,25-24-,39-36-,50-47+. The van der Waals surface area contributed by atoms with Gasteiger partial charge in [-0.3, -0.25) is 9.59 Å². The number of nitrogens with one attached hydrogen (secondary N) is 1. The molecule has 0 aromatic rings. The first-order valence-corrected chi connectivity index (χ1v) is 30.4. The lowest BCUT2D eigenvalue weighted by molar-refractivity contribution is -0.305. The van der Waals surface area contributed by atoms with E-state index in [1.54, 1.807) is 6.08 Å². The summed E-state index contributed by atoms with van der Waals surface area (Å²) in [5.41, 5.74) is 0. The number of aliphatic hydroxyl groups is 5. The lowest BCUT2D eigenvalue weighted by atomic mass is 9.99. The number of aliphatic hydroxyl groups excluding tert-OH is 5. The van der Waals surface area contributed by atoms with Crippen LogP contribution >= 0.6 is 0 Å². The van der Waals surface area contributed by atoms with Crippen molar-refractivity contribution in [1.82, 2.24) is 5.32 Å². The summed E-state index contributed by atoms with van der Waals surface area (Å²) < 4.78 is 17.6. The lowest BCUT2D eigenvalue weighted by Gasteiger charge is -2.41. The maximum Gasteiger partial charge on any atom is 0.306 e. The highest BCUT2D eigenvalue weighted by atomic mass is 16.7. The third-order valence-electron chi connectivity index (χ3n) is 13.9. The molecule has 11 nitrogen and oxygen atoms in total. The number of amides is 1. The Labute approximate surface area is 457 Å². The van der Waals surface area contributed by atoms with Gasteiger partial charge in [0.25, 0.3) is 0 Å². The third-order valence-corrected chi connectivity index (χ3v) is 13.9. The van der Waals surface area contributed by atoms with E-state index in [1.807, 2.05) is 48.6 Å². The Morgan fingerprint density at radius 3 is 1.57 bits per heavy atom. The highest BCUT2D eigenvalue weighted by molar-refractivity contribution is 5.80. The van der Waals surface area contributed by atoms with Crippen molar-refractivity contribution in [3.05, 3.63) is 85.1 Å². The van der Waals surface area contributed by atoms with Crippen LogP contribution in [0.3, 0.4) is 0 Å². The van der Waals surface area contributed by atoms with Crippen LogP contribution in [0, 0.1) is 0 Å². The van der Waals surface area contributed by atoms with Gasteiger partial charge in [-0.05, 0) is 77.0 Å². The van der Waals surface area contributed by atoms with E-state index in [4.69, 9.17) is 14.2 Å². The fraction of sp³-hybridized carbons (Fsp3) is 0.750. The maximum absolute atomic E-state index is 13.3. The Bertz CT molecular complexity index is 1540. The fourth-order valence-electron chi connectivity index (χ4n) is 9.04. The van der Waals surface area contributed by atoms with Gasteiger partial charge >= 0.3 is 5.97 Å². The van der Waals surface area contributed by atoms with E-state index >= 15 is 0 Å². The summed E-state index contributed by atoms with van der Waals surface area (Å²) >= 11 is 0. The summed E-state index contributed by atoms with van der Waals surface area (Å²) in [6.07, 6.45) is 56.4. The number of allylic oxidation sites excluding steroid dienone is 13. The van der Waals surface area contributed by atoms with Gasteiger partial charge < -0.3 is 45.1 Å². The number of rotatable bonds is 50. The number of unbranched alkanes of at least 4 members (excludes halogenated alkanes) is 27. The van der Waals surface area contributed by atoms with Crippen LogP contribution in [0.2, 0.25) is 0 Å². The summed E-state index contributed by atoms with van der Waals surface area (Å²) in [5.74, 6) is -1.24. The second-order valence-electron chi connectivity index (χ2n) is 20.8. The molecule has 432 valence electrons.